The maximum Gasteiger partial charge on any atom is 0.278 e. The Kier molecular flexibility index (Phi) is 7.14. The molecular formula is C23H22N4O4. The van der Waals surface area contributed by atoms with Gasteiger partial charge in [0.15, 0.2) is 6.61 Å². The van der Waals surface area contributed by atoms with Crippen molar-refractivity contribution in [2.45, 2.75) is 13.5 Å². The second-order valence-electron chi connectivity index (χ2n) is 6.63. The molecule has 1 amide bonds. The van der Waals surface area contributed by atoms with Gasteiger partial charge in [-0.3, -0.25) is 4.79 Å². The van der Waals surface area contributed by atoms with Crippen LogP contribution in [0.3, 0.4) is 0 Å². The number of carbonyl (C=O) groups excluding carboxylic acids is 1. The molecule has 3 aromatic rings. The first kappa shape index (κ1) is 21.7. The summed E-state index contributed by atoms with van der Waals surface area (Å²) in [5.74, 6) is 0.238. The Bertz CT molecular complexity index is 1170. The van der Waals surface area contributed by atoms with Crippen LogP contribution in [0.5, 0.6) is 11.6 Å². The van der Waals surface area contributed by atoms with E-state index in [-0.39, 0.29) is 24.7 Å². The first-order chi connectivity index (χ1) is 15.1. The Morgan fingerprint density at radius 1 is 1.26 bits per heavy atom. The fraction of sp³-hybridized carbons (Fsp3) is 0.217. The number of hydrazone groups is 1. The Balaban J connectivity index is 1.70. The maximum atomic E-state index is 12.2. The number of carbonyl (C=O) groups is 1. The smallest absolute Gasteiger partial charge is 0.278 e. The van der Waals surface area contributed by atoms with Crippen LogP contribution in [0.1, 0.15) is 22.4 Å². The number of pyridine rings is 1. The van der Waals surface area contributed by atoms with Crippen LogP contribution >= 0.6 is 0 Å². The van der Waals surface area contributed by atoms with Gasteiger partial charge in [-0.25, -0.2) is 10.4 Å². The van der Waals surface area contributed by atoms with E-state index in [4.69, 9.17) is 14.2 Å². The summed E-state index contributed by atoms with van der Waals surface area (Å²) in [6, 6.07) is 15.4. The number of aromatic nitrogens is 1. The molecule has 0 saturated carbocycles. The Labute approximate surface area is 180 Å². The standard InChI is InChI=1S/C23H22N4O4/c1-15-10-17(13-29-2)19(11-24)23(26-15)31-14-22(28)27-25-12-20-18-7-5-4-6-16(18)8-9-21(20)30-3/h4-10,12H,13-14H2,1-3H3,(H,27,28)/b25-12-. The van der Waals surface area contributed by atoms with Crippen molar-refractivity contribution in [1.82, 2.24) is 10.4 Å². The van der Waals surface area contributed by atoms with E-state index in [1.807, 2.05) is 36.4 Å². The van der Waals surface area contributed by atoms with Crippen LogP contribution in [0, 0.1) is 18.3 Å². The average Bonchev–Trinajstić information content (AvgIpc) is 2.77. The van der Waals surface area contributed by atoms with E-state index in [2.05, 4.69) is 21.6 Å². The molecule has 0 aliphatic carbocycles. The van der Waals surface area contributed by atoms with Crippen molar-refractivity contribution in [3.05, 3.63) is 64.8 Å². The summed E-state index contributed by atoms with van der Waals surface area (Å²) in [4.78, 5) is 16.4. The fourth-order valence-corrected chi connectivity index (χ4v) is 3.13. The quantitative estimate of drug-likeness (QED) is 0.445. The number of ether oxygens (including phenoxy) is 3. The van der Waals surface area contributed by atoms with Crippen LogP contribution in [0.2, 0.25) is 0 Å². The number of nitrogens with one attached hydrogen (secondary N) is 1. The van der Waals surface area contributed by atoms with Crippen molar-refractivity contribution in [2.75, 3.05) is 20.8 Å². The molecule has 1 aromatic heterocycles. The van der Waals surface area contributed by atoms with E-state index in [0.717, 1.165) is 16.3 Å². The van der Waals surface area contributed by atoms with Crippen molar-refractivity contribution in [3.8, 4) is 17.7 Å². The molecule has 0 aliphatic rings. The van der Waals surface area contributed by atoms with E-state index in [1.165, 1.54) is 13.3 Å². The first-order valence-electron chi connectivity index (χ1n) is 9.47. The van der Waals surface area contributed by atoms with Gasteiger partial charge in [0.2, 0.25) is 5.88 Å². The van der Waals surface area contributed by atoms with Gasteiger partial charge in [-0.05, 0) is 29.8 Å². The molecule has 8 heteroatoms. The normalized spacial score (nSPS) is 10.8. The molecular weight excluding hydrogens is 396 g/mol. The highest BCUT2D eigenvalue weighted by molar-refractivity contribution is 6.02. The van der Waals surface area contributed by atoms with Crippen molar-refractivity contribution < 1.29 is 19.0 Å². The summed E-state index contributed by atoms with van der Waals surface area (Å²) in [7, 11) is 3.11. The zero-order chi connectivity index (χ0) is 22.2. The van der Waals surface area contributed by atoms with E-state index < -0.39 is 5.91 Å². The lowest BCUT2D eigenvalue weighted by Gasteiger charge is -2.11. The monoisotopic (exact) mass is 418 g/mol. The summed E-state index contributed by atoms with van der Waals surface area (Å²) in [5.41, 5.74) is 4.71. The second kappa shape index (κ2) is 10.2. The van der Waals surface area contributed by atoms with Gasteiger partial charge in [0, 0.05) is 23.9 Å². The Morgan fingerprint density at radius 2 is 2.06 bits per heavy atom. The summed E-state index contributed by atoms with van der Waals surface area (Å²) >= 11 is 0. The van der Waals surface area contributed by atoms with E-state index in [1.54, 1.807) is 20.1 Å². The van der Waals surface area contributed by atoms with Crippen LogP contribution in [-0.4, -0.2) is 37.9 Å². The van der Waals surface area contributed by atoms with Gasteiger partial charge in [-0.1, -0.05) is 30.3 Å². The lowest BCUT2D eigenvalue weighted by atomic mass is 10.0. The molecule has 0 unspecified atom stereocenters. The van der Waals surface area contributed by atoms with Crippen LogP contribution in [-0.2, 0) is 16.1 Å². The number of benzene rings is 2. The van der Waals surface area contributed by atoms with Crippen molar-refractivity contribution >= 4 is 22.9 Å². The van der Waals surface area contributed by atoms with Crippen LogP contribution < -0.4 is 14.9 Å². The third-order valence-corrected chi connectivity index (χ3v) is 4.48. The predicted octanol–water partition coefficient (Wildman–Crippen LogP) is 3.10. The van der Waals surface area contributed by atoms with Gasteiger partial charge in [0.25, 0.3) is 5.91 Å². The van der Waals surface area contributed by atoms with Crippen molar-refractivity contribution in [2.24, 2.45) is 5.10 Å². The fourth-order valence-electron chi connectivity index (χ4n) is 3.13. The van der Waals surface area contributed by atoms with Crippen LogP contribution in [0.15, 0.2) is 47.6 Å². The largest absolute Gasteiger partial charge is 0.496 e. The van der Waals surface area contributed by atoms with E-state index in [0.29, 0.717) is 17.0 Å². The third-order valence-electron chi connectivity index (χ3n) is 4.48. The number of hydrogen-bond donors (Lipinski definition) is 1. The number of rotatable bonds is 8. The van der Waals surface area contributed by atoms with Crippen molar-refractivity contribution in [3.63, 3.8) is 0 Å². The minimum Gasteiger partial charge on any atom is -0.496 e. The number of hydrogen-bond acceptors (Lipinski definition) is 7. The summed E-state index contributed by atoms with van der Waals surface area (Å²) < 4.78 is 16.0. The molecule has 0 bridgehead atoms. The first-order valence-corrected chi connectivity index (χ1v) is 9.47. The van der Waals surface area contributed by atoms with E-state index >= 15 is 0 Å². The molecule has 0 spiro atoms. The van der Waals surface area contributed by atoms with Crippen molar-refractivity contribution in [1.29, 1.82) is 5.26 Å². The van der Waals surface area contributed by atoms with Gasteiger partial charge in [0.05, 0.1) is 19.9 Å². The highest BCUT2D eigenvalue weighted by atomic mass is 16.5. The molecule has 31 heavy (non-hydrogen) atoms. The topological polar surface area (TPSA) is 106 Å². The molecule has 0 fully saturated rings. The van der Waals surface area contributed by atoms with Crippen LogP contribution in [0.25, 0.3) is 10.8 Å². The molecule has 0 atom stereocenters. The lowest BCUT2D eigenvalue weighted by molar-refractivity contribution is -0.123. The maximum absolute atomic E-state index is 12.2. The number of aryl methyl sites for hydroxylation is 1. The minimum absolute atomic E-state index is 0.0874. The van der Waals surface area contributed by atoms with Crippen LogP contribution in [0.4, 0.5) is 0 Å². The zero-order valence-electron chi connectivity index (χ0n) is 17.5. The molecule has 0 saturated heterocycles. The number of nitrogens with zero attached hydrogens (tertiary/aromatic N) is 3. The summed E-state index contributed by atoms with van der Waals surface area (Å²) in [6.07, 6.45) is 1.53. The number of nitriles is 1. The second-order valence-corrected chi connectivity index (χ2v) is 6.63. The Hall–Kier alpha value is -3.96. The minimum atomic E-state index is -0.490. The summed E-state index contributed by atoms with van der Waals surface area (Å²) in [5, 5.41) is 15.4. The number of methoxy groups -OCH3 is 2. The molecule has 1 heterocycles. The van der Waals surface area contributed by atoms with Gasteiger partial charge in [-0.15, -0.1) is 0 Å². The molecule has 0 aliphatic heterocycles. The molecule has 1 N–H and O–H groups in total. The average molecular weight is 418 g/mol. The Morgan fingerprint density at radius 3 is 2.81 bits per heavy atom. The zero-order valence-corrected chi connectivity index (χ0v) is 17.5. The molecule has 8 nitrogen and oxygen atoms in total. The summed E-state index contributed by atoms with van der Waals surface area (Å²) in [6.45, 7) is 1.67. The SMILES string of the molecule is COCc1cc(C)nc(OCC(=O)N/N=C\c2c(OC)ccc3ccccc23)c1C#N. The molecule has 0 radical (unpaired) electrons. The lowest BCUT2D eigenvalue weighted by Crippen LogP contribution is -2.25. The molecule has 158 valence electrons. The predicted molar refractivity (Wildman–Crippen MR) is 116 cm³/mol. The number of amides is 1. The highest BCUT2D eigenvalue weighted by Crippen LogP contribution is 2.26. The van der Waals surface area contributed by atoms with E-state index in [9.17, 15) is 10.1 Å². The highest BCUT2D eigenvalue weighted by Gasteiger charge is 2.14. The van der Waals surface area contributed by atoms with Gasteiger partial charge >= 0.3 is 0 Å². The molecule has 3 rings (SSSR count). The number of fused-ring (bicyclic) bond motifs is 1. The van der Waals surface area contributed by atoms with Gasteiger partial charge in [0.1, 0.15) is 17.4 Å². The molecule has 2 aromatic carbocycles. The third kappa shape index (κ3) is 5.15. The van der Waals surface area contributed by atoms with Gasteiger partial charge in [-0.2, -0.15) is 10.4 Å². The van der Waals surface area contributed by atoms with Gasteiger partial charge < -0.3 is 14.2 Å².